The summed E-state index contributed by atoms with van der Waals surface area (Å²) in [5, 5.41) is 6.60. The van der Waals surface area contributed by atoms with Crippen LogP contribution in [0.25, 0.3) is 0 Å². The topological polar surface area (TPSA) is 68.9 Å². The summed E-state index contributed by atoms with van der Waals surface area (Å²) < 4.78 is 40.3. The van der Waals surface area contributed by atoms with E-state index in [2.05, 4.69) is 10.4 Å². The second-order valence-corrected chi connectivity index (χ2v) is 5.05. The van der Waals surface area contributed by atoms with Gasteiger partial charge in [-0.3, -0.25) is 14.3 Å². The highest BCUT2D eigenvalue weighted by Gasteiger charge is 2.34. The lowest BCUT2D eigenvalue weighted by Gasteiger charge is -2.15. The van der Waals surface area contributed by atoms with Crippen LogP contribution in [0.1, 0.15) is 12.5 Å². The summed E-state index contributed by atoms with van der Waals surface area (Å²) in [4.78, 5) is 23.6. The van der Waals surface area contributed by atoms with Crippen molar-refractivity contribution in [2.24, 2.45) is 0 Å². The monoisotopic (exact) mass is 328 g/mol. The zero-order chi connectivity index (χ0) is 17.0. The third-order valence-corrected chi connectivity index (χ3v) is 3.07. The maximum atomic E-state index is 12.7. The van der Waals surface area contributed by atoms with E-state index >= 15 is 0 Å². The first-order chi connectivity index (χ1) is 10.8. The lowest BCUT2D eigenvalue weighted by Crippen LogP contribution is -2.40. The van der Waals surface area contributed by atoms with Gasteiger partial charge >= 0.3 is 6.18 Å². The van der Waals surface area contributed by atoms with Crippen LogP contribution in [0.3, 0.4) is 0 Å². The van der Waals surface area contributed by atoms with Crippen LogP contribution in [0.5, 0.6) is 0 Å². The normalized spacial score (nSPS) is 12.9. The van der Waals surface area contributed by atoms with E-state index in [9.17, 15) is 22.8 Å². The van der Waals surface area contributed by atoms with E-state index < -0.39 is 29.8 Å². The Morgan fingerprint density at radius 2 is 2.09 bits per heavy atom. The van der Waals surface area contributed by atoms with Gasteiger partial charge in [0.25, 0.3) is 5.56 Å². The summed E-state index contributed by atoms with van der Waals surface area (Å²) in [7, 11) is 0. The molecular formula is C14H15F3N4O2. The Labute approximate surface area is 129 Å². The van der Waals surface area contributed by atoms with Gasteiger partial charge < -0.3 is 9.88 Å². The molecule has 124 valence electrons. The summed E-state index contributed by atoms with van der Waals surface area (Å²) in [6.45, 7) is 1.66. The number of alkyl halides is 3. The van der Waals surface area contributed by atoms with Crippen LogP contribution < -0.4 is 10.9 Å². The van der Waals surface area contributed by atoms with E-state index in [4.69, 9.17) is 0 Å². The fraction of sp³-hybridized carbons (Fsp3) is 0.357. The minimum atomic E-state index is -4.75. The number of nitrogens with zero attached hydrogens (tertiary/aromatic N) is 3. The SMILES string of the molecule is C[C@@H](Cn1cccn1)NC(=O)Cn1cccc(C(F)(F)F)c1=O. The number of hydrogen-bond acceptors (Lipinski definition) is 3. The first-order valence-electron chi connectivity index (χ1n) is 6.81. The number of aromatic nitrogens is 3. The third-order valence-electron chi connectivity index (χ3n) is 3.07. The molecule has 1 amide bonds. The number of carbonyl (C=O) groups excluding carboxylic acids is 1. The molecule has 2 aromatic heterocycles. The molecule has 0 aliphatic rings. The van der Waals surface area contributed by atoms with Crippen LogP contribution in [0.4, 0.5) is 13.2 Å². The van der Waals surface area contributed by atoms with Crippen LogP contribution in [0.15, 0.2) is 41.6 Å². The predicted molar refractivity (Wildman–Crippen MR) is 75.5 cm³/mol. The van der Waals surface area contributed by atoms with E-state index in [0.29, 0.717) is 12.6 Å². The zero-order valence-corrected chi connectivity index (χ0v) is 12.2. The molecular weight excluding hydrogens is 313 g/mol. The summed E-state index contributed by atoms with van der Waals surface area (Å²) in [6, 6.07) is 3.22. The molecule has 0 fully saturated rings. The molecule has 9 heteroatoms. The maximum Gasteiger partial charge on any atom is 0.421 e. The largest absolute Gasteiger partial charge is 0.421 e. The van der Waals surface area contributed by atoms with Crippen molar-refractivity contribution >= 4 is 5.91 Å². The lowest BCUT2D eigenvalue weighted by atomic mass is 10.2. The molecule has 23 heavy (non-hydrogen) atoms. The molecule has 0 spiro atoms. The van der Waals surface area contributed by atoms with E-state index in [0.717, 1.165) is 16.8 Å². The average Bonchev–Trinajstić information content (AvgIpc) is 2.92. The molecule has 0 saturated carbocycles. The molecule has 0 saturated heterocycles. The first-order valence-corrected chi connectivity index (χ1v) is 6.81. The summed E-state index contributed by atoms with van der Waals surface area (Å²) >= 11 is 0. The molecule has 0 aliphatic heterocycles. The highest BCUT2D eigenvalue weighted by atomic mass is 19.4. The number of amides is 1. The standard InChI is InChI=1S/C14H15F3N4O2/c1-10(8-21-7-3-5-18-21)19-12(22)9-20-6-2-4-11(13(20)23)14(15,16)17/h2-7,10H,8-9H2,1H3,(H,19,22)/t10-/m0/s1. The van der Waals surface area contributed by atoms with Crippen molar-refractivity contribution in [2.45, 2.75) is 32.2 Å². The van der Waals surface area contributed by atoms with Crippen molar-refractivity contribution in [1.29, 1.82) is 0 Å². The van der Waals surface area contributed by atoms with Crippen molar-refractivity contribution < 1.29 is 18.0 Å². The molecule has 2 rings (SSSR count). The fourth-order valence-electron chi connectivity index (χ4n) is 2.09. The van der Waals surface area contributed by atoms with Gasteiger partial charge in [-0.2, -0.15) is 18.3 Å². The number of nitrogens with one attached hydrogen (secondary N) is 1. The van der Waals surface area contributed by atoms with Crippen LogP contribution in [-0.4, -0.2) is 26.3 Å². The summed E-state index contributed by atoms with van der Waals surface area (Å²) in [5.41, 5.74) is -2.53. The van der Waals surface area contributed by atoms with Crippen molar-refractivity contribution in [3.05, 3.63) is 52.7 Å². The van der Waals surface area contributed by atoms with E-state index in [-0.39, 0.29) is 6.04 Å². The Morgan fingerprint density at radius 1 is 1.35 bits per heavy atom. The van der Waals surface area contributed by atoms with Crippen molar-refractivity contribution in [3.63, 3.8) is 0 Å². The van der Waals surface area contributed by atoms with Gasteiger partial charge in [0.15, 0.2) is 0 Å². The molecule has 1 N–H and O–H groups in total. The molecule has 6 nitrogen and oxygen atoms in total. The Hall–Kier alpha value is -2.58. The zero-order valence-electron chi connectivity index (χ0n) is 12.2. The van der Waals surface area contributed by atoms with Gasteiger partial charge in [0.2, 0.25) is 5.91 Å². The highest BCUT2D eigenvalue weighted by molar-refractivity contribution is 5.76. The molecule has 0 radical (unpaired) electrons. The number of rotatable bonds is 5. The molecule has 0 aromatic carbocycles. The Bertz CT molecular complexity index is 722. The number of pyridine rings is 1. The minimum Gasteiger partial charge on any atom is -0.350 e. The Balaban J connectivity index is 2.02. The Morgan fingerprint density at radius 3 is 2.70 bits per heavy atom. The number of halogens is 3. The van der Waals surface area contributed by atoms with Crippen LogP contribution in [-0.2, 0) is 24.1 Å². The summed E-state index contributed by atoms with van der Waals surface area (Å²) in [5.74, 6) is -0.550. The number of hydrogen-bond donors (Lipinski definition) is 1. The van der Waals surface area contributed by atoms with Gasteiger partial charge in [-0.05, 0) is 25.1 Å². The van der Waals surface area contributed by atoms with E-state index in [1.807, 2.05) is 0 Å². The van der Waals surface area contributed by atoms with Crippen molar-refractivity contribution in [1.82, 2.24) is 19.7 Å². The molecule has 0 aliphatic carbocycles. The fourth-order valence-corrected chi connectivity index (χ4v) is 2.09. The highest BCUT2D eigenvalue weighted by Crippen LogP contribution is 2.25. The van der Waals surface area contributed by atoms with Gasteiger partial charge in [-0.25, -0.2) is 0 Å². The van der Waals surface area contributed by atoms with Crippen LogP contribution >= 0.6 is 0 Å². The van der Waals surface area contributed by atoms with Gasteiger partial charge in [0.1, 0.15) is 12.1 Å². The molecule has 2 heterocycles. The molecule has 0 unspecified atom stereocenters. The Kier molecular flexibility index (Phi) is 4.87. The quantitative estimate of drug-likeness (QED) is 0.899. The first kappa shape index (κ1) is 16.8. The van der Waals surface area contributed by atoms with Gasteiger partial charge in [-0.15, -0.1) is 0 Å². The van der Waals surface area contributed by atoms with E-state index in [1.54, 1.807) is 30.1 Å². The van der Waals surface area contributed by atoms with Gasteiger partial charge in [-0.1, -0.05) is 0 Å². The molecule has 0 bridgehead atoms. The van der Waals surface area contributed by atoms with Crippen LogP contribution in [0.2, 0.25) is 0 Å². The van der Waals surface area contributed by atoms with Crippen molar-refractivity contribution in [3.8, 4) is 0 Å². The third kappa shape index (κ3) is 4.44. The molecule has 2 aromatic rings. The summed E-state index contributed by atoms with van der Waals surface area (Å²) in [6.07, 6.45) is -0.282. The van der Waals surface area contributed by atoms with Gasteiger partial charge in [0, 0.05) is 24.6 Å². The van der Waals surface area contributed by atoms with E-state index in [1.165, 1.54) is 0 Å². The second kappa shape index (κ2) is 6.67. The number of carbonyl (C=O) groups is 1. The predicted octanol–water partition coefficient (Wildman–Crippen LogP) is 1.27. The second-order valence-electron chi connectivity index (χ2n) is 5.05. The lowest BCUT2D eigenvalue weighted by molar-refractivity contribution is -0.139. The minimum absolute atomic E-state index is 0.288. The van der Waals surface area contributed by atoms with Crippen LogP contribution in [0, 0.1) is 0 Å². The van der Waals surface area contributed by atoms with Crippen molar-refractivity contribution in [2.75, 3.05) is 0 Å². The smallest absolute Gasteiger partial charge is 0.350 e. The maximum absolute atomic E-state index is 12.7. The molecule has 1 atom stereocenters. The average molecular weight is 328 g/mol. The van der Waals surface area contributed by atoms with Gasteiger partial charge in [0.05, 0.1) is 6.54 Å².